The average molecular weight is 287 g/mol. The van der Waals surface area contributed by atoms with E-state index in [4.69, 9.17) is 5.73 Å². The van der Waals surface area contributed by atoms with E-state index in [0.29, 0.717) is 5.69 Å². The molecule has 1 aromatic carbocycles. The number of halogens is 1. The fourth-order valence-electron chi connectivity index (χ4n) is 1.97. The van der Waals surface area contributed by atoms with Crippen LogP contribution in [-0.4, -0.2) is 10.9 Å². The summed E-state index contributed by atoms with van der Waals surface area (Å²) in [6.45, 7) is 2.14. The van der Waals surface area contributed by atoms with E-state index in [0.717, 1.165) is 31.5 Å². The average Bonchev–Trinajstić information content (AvgIpc) is 2.49. The summed E-state index contributed by atoms with van der Waals surface area (Å²) >= 11 is 0. The van der Waals surface area contributed by atoms with Crippen molar-refractivity contribution >= 4 is 17.4 Å². The minimum atomic E-state index is -0.593. The number of nitrogens with zero attached hydrogens (tertiary/aromatic N) is 1. The first-order chi connectivity index (χ1) is 10.1. The van der Waals surface area contributed by atoms with Crippen LogP contribution in [0.25, 0.3) is 0 Å². The fraction of sp³-hybridized carbons (Fsp3) is 0.250. The molecule has 5 heteroatoms. The summed E-state index contributed by atoms with van der Waals surface area (Å²) in [6.07, 6.45) is 4.28. The molecule has 0 aliphatic heterocycles. The lowest BCUT2D eigenvalue weighted by Crippen LogP contribution is -2.15. The summed E-state index contributed by atoms with van der Waals surface area (Å²) in [5, 5.41) is 2.68. The predicted octanol–water partition coefficient (Wildman–Crippen LogP) is 3.40. The number of rotatable bonds is 5. The Morgan fingerprint density at radius 2 is 2.05 bits per heavy atom. The van der Waals surface area contributed by atoms with Gasteiger partial charge in [-0.25, -0.2) is 9.37 Å². The van der Waals surface area contributed by atoms with Crippen molar-refractivity contribution in [3.05, 3.63) is 53.5 Å². The van der Waals surface area contributed by atoms with Crippen molar-refractivity contribution in [2.45, 2.75) is 26.2 Å². The summed E-state index contributed by atoms with van der Waals surface area (Å²) in [4.78, 5) is 15.7. The zero-order valence-electron chi connectivity index (χ0n) is 11.9. The molecule has 0 bridgehead atoms. The van der Waals surface area contributed by atoms with Gasteiger partial charge in [0, 0.05) is 5.69 Å². The van der Waals surface area contributed by atoms with Gasteiger partial charge in [-0.1, -0.05) is 25.5 Å². The molecule has 21 heavy (non-hydrogen) atoms. The molecule has 1 amide bonds. The van der Waals surface area contributed by atoms with Crippen LogP contribution in [0.5, 0.6) is 0 Å². The Morgan fingerprint density at radius 3 is 2.71 bits per heavy atom. The molecule has 0 unspecified atom stereocenters. The number of pyridine rings is 1. The van der Waals surface area contributed by atoms with Crippen LogP contribution in [0.2, 0.25) is 0 Å². The molecular formula is C16H18FN3O. The number of aryl methyl sites for hydroxylation is 1. The Balaban J connectivity index is 2.07. The molecule has 0 saturated carbocycles. The van der Waals surface area contributed by atoms with E-state index in [9.17, 15) is 9.18 Å². The van der Waals surface area contributed by atoms with Crippen LogP contribution in [-0.2, 0) is 6.42 Å². The SMILES string of the molecule is CCCCc1ccc(NC(=O)c2cc(F)cnc2N)cc1. The lowest BCUT2D eigenvalue weighted by molar-refractivity contribution is 0.102. The van der Waals surface area contributed by atoms with Gasteiger partial charge in [-0.2, -0.15) is 0 Å². The second-order valence-electron chi connectivity index (χ2n) is 4.84. The number of unbranched alkanes of at least 4 members (excludes halogenated alkanes) is 1. The van der Waals surface area contributed by atoms with Gasteiger partial charge in [0.05, 0.1) is 11.8 Å². The standard InChI is InChI=1S/C16H18FN3O/c1-2-3-4-11-5-7-13(8-6-11)20-16(21)14-9-12(17)10-19-15(14)18/h5-10H,2-4H2,1H3,(H2,18,19)(H,20,21). The van der Waals surface area contributed by atoms with Gasteiger partial charge in [-0.3, -0.25) is 4.79 Å². The van der Waals surface area contributed by atoms with E-state index >= 15 is 0 Å². The minimum Gasteiger partial charge on any atom is -0.383 e. The number of nitrogens with one attached hydrogen (secondary N) is 1. The van der Waals surface area contributed by atoms with Crippen molar-refractivity contribution in [3.8, 4) is 0 Å². The molecule has 0 saturated heterocycles. The van der Waals surface area contributed by atoms with Crippen molar-refractivity contribution in [1.29, 1.82) is 0 Å². The van der Waals surface area contributed by atoms with Crippen molar-refractivity contribution in [3.63, 3.8) is 0 Å². The van der Waals surface area contributed by atoms with Gasteiger partial charge in [0.15, 0.2) is 0 Å². The highest BCUT2D eigenvalue weighted by atomic mass is 19.1. The molecule has 4 nitrogen and oxygen atoms in total. The highest BCUT2D eigenvalue weighted by Crippen LogP contribution is 2.15. The first-order valence-electron chi connectivity index (χ1n) is 6.91. The summed E-state index contributed by atoms with van der Waals surface area (Å²) in [7, 11) is 0. The van der Waals surface area contributed by atoms with Crippen LogP contribution >= 0.6 is 0 Å². The lowest BCUT2D eigenvalue weighted by atomic mass is 10.1. The van der Waals surface area contributed by atoms with E-state index in [1.807, 2.05) is 24.3 Å². The molecule has 0 aliphatic carbocycles. The zero-order chi connectivity index (χ0) is 15.2. The molecule has 0 aliphatic rings. The number of carbonyl (C=O) groups is 1. The van der Waals surface area contributed by atoms with E-state index in [1.165, 1.54) is 5.56 Å². The van der Waals surface area contributed by atoms with E-state index in [1.54, 1.807) is 0 Å². The van der Waals surface area contributed by atoms with Crippen LogP contribution in [0, 0.1) is 5.82 Å². The van der Waals surface area contributed by atoms with Crippen LogP contribution < -0.4 is 11.1 Å². The van der Waals surface area contributed by atoms with Crippen molar-refractivity contribution in [2.24, 2.45) is 0 Å². The molecule has 2 aromatic rings. The van der Waals surface area contributed by atoms with Gasteiger partial charge < -0.3 is 11.1 Å². The Bertz CT molecular complexity index is 626. The third-order valence-electron chi connectivity index (χ3n) is 3.16. The number of nitrogen functional groups attached to an aromatic ring is 1. The number of anilines is 2. The molecule has 0 atom stereocenters. The number of nitrogens with two attached hydrogens (primary N) is 1. The largest absolute Gasteiger partial charge is 0.383 e. The molecule has 0 radical (unpaired) electrons. The van der Waals surface area contributed by atoms with E-state index < -0.39 is 11.7 Å². The number of benzene rings is 1. The molecule has 3 N–H and O–H groups in total. The van der Waals surface area contributed by atoms with Gasteiger partial charge in [0.1, 0.15) is 11.6 Å². The number of hydrogen-bond donors (Lipinski definition) is 2. The molecule has 1 aromatic heterocycles. The van der Waals surface area contributed by atoms with Gasteiger partial charge >= 0.3 is 0 Å². The molecule has 2 rings (SSSR count). The van der Waals surface area contributed by atoms with E-state index in [2.05, 4.69) is 17.2 Å². The predicted molar refractivity (Wildman–Crippen MR) is 81.6 cm³/mol. The topological polar surface area (TPSA) is 68.0 Å². The maximum atomic E-state index is 13.1. The number of amides is 1. The maximum absolute atomic E-state index is 13.1. The van der Waals surface area contributed by atoms with Crippen LogP contribution in [0.4, 0.5) is 15.9 Å². The highest BCUT2D eigenvalue weighted by molar-refractivity contribution is 6.07. The summed E-state index contributed by atoms with van der Waals surface area (Å²) in [5.41, 5.74) is 7.48. The first-order valence-corrected chi connectivity index (χ1v) is 6.91. The fourth-order valence-corrected chi connectivity index (χ4v) is 1.97. The van der Waals surface area contributed by atoms with Gasteiger partial charge in [0.25, 0.3) is 5.91 Å². The molecular weight excluding hydrogens is 269 g/mol. The monoisotopic (exact) mass is 287 g/mol. The summed E-state index contributed by atoms with van der Waals surface area (Å²) in [6, 6.07) is 8.67. The zero-order valence-corrected chi connectivity index (χ0v) is 11.9. The number of hydrogen-bond acceptors (Lipinski definition) is 3. The molecule has 0 fully saturated rings. The Kier molecular flexibility index (Phi) is 4.87. The lowest BCUT2D eigenvalue weighted by Gasteiger charge is -2.08. The number of carbonyl (C=O) groups excluding carboxylic acids is 1. The molecule has 1 heterocycles. The quantitative estimate of drug-likeness (QED) is 0.885. The second kappa shape index (κ2) is 6.83. The Labute approximate surface area is 123 Å². The second-order valence-corrected chi connectivity index (χ2v) is 4.84. The maximum Gasteiger partial charge on any atom is 0.259 e. The van der Waals surface area contributed by atoms with Crippen LogP contribution in [0.15, 0.2) is 36.5 Å². The van der Waals surface area contributed by atoms with Crippen molar-refractivity contribution < 1.29 is 9.18 Å². The van der Waals surface area contributed by atoms with Crippen LogP contribution in [0.1, 0.15) is 35.7 Å². The van der Waals surface area contributed by atoms with Gasteiger partial charge in [0.2, 0.25) is 0 Å². The Hall–Kier alpha value is -2.43. The number of aromatic nitrogens is 1. The Morgan fingerprint density at radius 1 is 1.33 bits per heavy atom. The van der Waals surface area contributed by atoms with Gasteiger partial charge in [-0.15, -0.1) is 0 Å². The smallest absolute Gasteiger partial charge is 0.259 e. The van der Waals surface area contributed by atoms with E-state index in [-0.39, 0.29) is 11.4 Å². The van der Waals surface area contributed by atoms with Crippen molar-refractivity contribution in [1.82, 2.24) is 4.98 Å². The highest BCUT2D eigenvalue weighted by Gasteiger charge is 2.12. The normalized spacial score (nSPS) is 10.4. The minimum absolute atomic E-state index is 0.00784. The summed E-state index contributed by atoms with van der Waals surface area (Å²) < 4.78 is 13.1. The van der Waals surface area contributed by atoms with Crippen LogP contribution in [0.3, 0.4) is 0 Å². The molecule has 110 valence electrons. The first kappa shape index (κ1) is 15.0. The summed E-state index contributed by atoms with van der Waals surface area (Å²) in [5.74, 6) is -1.06. The van der Waals surface area contributed by atoms with Crippen molar-refractivity contribution in [2.75, 3.05) is 11.1 Å². The molecule has 0 spiro atoms. The third kappa shape index (κ3) is 4.02. The third-order valence-corrected chi connectivity index (χ3v) is 3.16. The van der Waals surface area contributed by atoms with Gasteiger partial charge in [-0.05, 0) is 36.6 Å².